The Hall–Kier alpha value is -3.29. The molecule has 0 saturated carbocycles. The quantitative estimate of drug-likeness (QED) is 0.488. The predicted molar refractivity (Wildman–Crippen MR) is 80.6 cm³/mol. The smallest absolute Gasteiger partial charge is 0.310 e. The molecule has 2 aromatic rings. The van der Waals surface area contributed by atoms with Gasteiger partial charge < -0.3 is 4.90 Å². The molecule has 1 aromatic carbocycles. The van der Waals surface area contributed by atoms with Gasteiger partial charge in [0.1, 0.15) is 6.54 Å². The van der Waals surface area contributed by atoms with Crippen LogP contribution in [0.1, 0.15) is 5.56 Å². The Labute approximate surface area is 131 Å². The molecule has 1 saturated heterocycles. The molecular formula is C15H12N4O4. The highest BCUT2D eigenvalue weighted by Crippen LogP contribution is 2.24. The lowest BCUT2D eigenvalue weighted by molar-refractivity contribution is -0.384. The first-order valence-electron chi connectivity index (χ1n) is 6.81. The molecule has 8 nitrogen and oxygen atoms in total. The van der Waals surface area contributed by atoms with Gasteiger partial charge in [0, 0.05) is 31.1 Å². The van der Waals surface area contributed by atoms with Gasteiger partial charge in [-0.2, -0.15) is 0 Å². The number of nitro benzene ring substituents is 1. The zero-order valence-corrected chi connectivity index (χ0v) is 12.0. The Morgan fingerprint density at radius 3 is 2.52 bits per heavy atom. The molecule has 2 heterocycles. The van der Waals surface area contributed by atoms with Crippen molar-refractivity contribution in [3.63, 3.8) is 0 Å². The SMILES string of the molecule is O=C1CN(Cc2cccnc2)C(=O)N1c1ccc([N+](=O)[O-])cc1. The maximum absolute atomic E-state index is 12.4. The summed E-state index contributed by atoms with van der Waals surface area (Å²) in [7, 11) is 0. The average molecular weight is 312 g/mol. The number of anilines is 1. The first kappa shape index (κ1) is 14.6. The molecule has 1 aliphatic rings. The summed E-state index contributed by atoms with van der Waals surface area (Å²) in [6.07, 6.45) is 3.26. The van der Waals surface area contributed by atoms with Crippen LogP contribution in [-0.4, -0.2) is 33.3 Å². The van der Waals surface area contributed by atoms with Gasteiger partial charge in [0.2, 0.25) is 0 Å². The molecule has 23 heavy (non-hydrogen) atoms. The Kier molecular flexibility index (Phi) is 3.71. The molecule has 0 spiro atoms. The highest BCUT2D eigenvalue weighted by Gasteiger charge is 2.37. The van der Waals surface area contributed by atoms with E-state index in [1.54, 1.807) is 18.5 Å². The van der Waals surface area contributed by atoms with Crippen molar-refractivity contribution in [2.24, 2.45) is 0 Å². The summed E-state index contributed by atoms with van der Waals surface area (Å²) in [5.74, 6) is -0.368. The van der Waals surface area contributed by atoms with Gasteiger partial charge in [-0.1, -0.05) is 6.07 Å². The number of aromatic nitrogens is 1. The first-order chi connectivity index (χ1) is 11.1. The van der Waals surface area contributed by atoms with Crippen LogP contribution in [0.3, 0.4) is 0 Å². The number of non-ortho nitro benzene ring substituents is 1. The number of rotatable bonds is 4. The third-order valence-corrected chi connectivity index (χ3v) is 3.45. The molecule has 116 valence electrons. The second-order valence-corrected chi connectivity index (χ2v) is 5.00. The lowest BCUT2D eigenvalue weighted by Crippen LogP contribution is -2.32. The van der Waals surface area contributed by atoms with E-state index in [9.17, 15) is 19.7 Å². The monoisotopic (exact) mass is 312 g/mol. The van der Waals surface area contributed by atoms with Crippen molar-refractivity contribution in [2.75, 3.05) is 11.4 Å². The van der Waals surface area contributed by atoms with Gasteiger partial charge in [-0.05, 0) is 23.8 Å². The van der Waals surface area contributed by atoms with Gasteiger partial charge in [-0.3, -0.25) is 19.9 Å². The zero-order valence-electron chi connectivity index (χ0n) is 12.0. The molecule has 0 N–H and O–H groups in total. The number of hydrogen-bond donors (Lipinski definition) is 0. The number of pyridine rings is 1. The molecule has 0 bridgehead atoms. The van der Waals surface area contributed by atoms with E-state index >= 15 is 0 Å². The van der Waals surface area contributed by atoms with Gasteiger partial charge >= 0.3 is 6.03 Å². The number of urea groups is 1. The van der Waals surface area contributed by atoms with Crippen molar-refractivity contribution < 1.29 is 14.5 Å². The minimum Gasteiger partial charge on any atom is -0.310 e. The van der Waals surface area contributed by atoms with Gasteiger partial charge in [-0.25, -0.2) is 9.69 Å². The molecule has 8 heteroatoms. The summed E-state index contributed by atoms with van der Waals surface area (Å²) in [6.45, 7) is 0.243. The second kappa shape index (κ2) is 5.84. The number of amides is 3. The predicted octanol–water partition coefficient (Wildman–Crippen LogP) is 1.96. The summed E-state index contributed by atoms with van der Waals surface area (Å²) in [5, 5.41) is 10.7. The van der Waals surface area contributed by atoms with Crippen LogP contribution in [0.5, 0.6) is 0 Å². The summed E-state index contributed by atoms with van der Waals surface area (Å²) >= 11 is 0. The second-order valence-electron chi connectivity index (χ2n) is 5.00. The summed E-state index contributed by atoms with van der Waals surface area (Å²) in [4.78, 5) is 41.1. The first-order valence-corrected chi connectivity index (χ1v) is 6.81. The fourth-order valence-electron chi connectivity index (χ4n) is 2.36. The van der Waals surface area contributed by atoms with E-state index < -0.39 is 11.0 Å². The minimum atomic E-state index is -0.536. The normalized spacial score (nSPS) is 14.4. The fraction of sp³-hybridized carbons (Fsp3) is 0.133. The van der Waals surface area contributed by atoms with Crippen LogP contribution in [0.4, 0.5) is 16.2 Å². The number of benzene rings is 1. The van der Waals surface area contributed by atoms with Crippen LogP contribution in [0.25, 0.3) is 0 Å². The van der Waals surface area contributed by atoms with Crippen molar-refractivity contribution in [2.45, 2.75) is 6.54 Å². The third-order valence-electron chi connectivity index (χ3n) is 3.45. The lowest BCUT2D eigenvalue weighted by atomic mass is 10.2. The van der Waals surface area contributed by atoms with Gasteiger partial charge in [0.15, 0.2) is 0 Å². The van der Waals surface area contributed by atoms with Crippen LogP contribution < -0.4 is 4.90 Å². The molecule has 0 radical (unpaired) electrons. The fourth-order valence-corrected chi connectivity index (χ4v) is 2.36. The van der Waals surface area contributed by atoms with Crippen molar-refractivity contribution in [3.8, 4) is 0 Å². The van der Waals surface area contributed by atoms with E-state index in [1.165, 1.54) is 29.2 Å². The molecule has 0 atom stereocenters. The number of nitro groups is 1. The Morgan fingerprint density at radius 1 is 1.17 bits per heavy atom. The highest BCUT2D eigenvalue weighted by molar-refractivity contribution is 6.19. The van der Waals surface area contributed by atoms with E-state index in [2.05, 4.69) is 4.98 Å². The zero-order chi connectivity index (χ0) is 16.4. The van der Waals surface area contributed by atoms with E-state index in [4.69, 9.17) is 0 Å². The molecule has 1 aliphatic heterocycles. The molecule has 1 fully saturated rings. The van der Waals surface area contributed by atoms with Gasteiger partial charge in [0.25, 0.3) is 11.6 Å². The van der Waals surface area contributed by atoms with E-state index in [0.717, 1.165) is 10.5 Å². The largest absolute Gasteiger partial charge is 0.332 e. The standard InChI is InChI=1S/C15H12N4O4/c20-14-10-17(9-11-2-1-7-16-8-11)15(21)18(14)12-3-5-13(6-4-12)19(22)23/h1-8H,9-10H2. The number of nitrogens with zero attached hydrogens (tertiary/aromatic N) is 4. The molecule has 3 rings (SSSR count). The number of carbonyl (C=O) groups excluding carboxylic acids is 2. The van der Waals surface area contributed by atoms with Crippen molar-refractivity contribution in [1.29, 1.82) is 0 Å². The van der Waals surface area contributed by atoms with Crippen molar-refractivity contribution in [1.82, 2.24) is 9.88 Å². The number of imide groups is 1. The minimum absolute atomic E-state index is 0.0370. The number of hydrogen-bond acceptors (Lipinski definition) is 5. The van der Waals surface area contributed by atoms with Crippen LogP contribution >= 0.6 is 0 Å². The Morgan fingerprint density at radius 2 is 1.91 bits per heavy atom. The van der Waals surface area contributed by atoms with E-state index in [-0.39, 0.29) is 24.7 Å². The van der Waals surface area contributed by atoms with Gasteiger partial charge in [0.05, 0.1) is 10.6 Å². The molecule has 1 aromatic heterocycles. The summed E-state index contributed by atoms with van der Waals surface area (Å²) in [6, 6.07) is 8.43. The molecule has 3 amide bonds. The Balaban J connectivity index is 1.79. The Bertz CT molecular complexity index is 761. The molecule has 0 unspecified atom stereocenters. The van der Waals surface area contributed by atoms with Crippen LogP contribution in [0.2, 0.25) is 0 Å². The maximum Gasteiger partial charge on any atom is 0.332 e. The molecule has 0 aliphatic carbocycles. The average Bonchev–Trinajstić information content (AvgIpc) is 2.82. The third kappa shape index (κ3) is 2.86. The van der Waals surface area contributed by atoms with Crippen LogP contribution in [-0.2, 0) is 11.3 Å². The number of carbonyl (C=O) groups is 2. The van der Waals surface area contributed by atoms with E-state index in [0.29, 0.717) is 5.69 Å². The summed E-state index contributed by atoms with van der Waals surface area (Å²) in [5.41, 5.74) is 1.04. The van der Waals surface area contributed by atoms with Crippen molar-refractivity contribution >= 4 is 23.3 Å². The summed E-state index contributed by atoms with van der Waals surface area (Å²) < 4.78 is 0. The van der Waals surface area contributed by atoms with E-state index in [1.807, 2.05) is 6.07 Å². The highest BCUT2D eigenvalue weighted by atomic mass is 16.6. The van der Waals surface area contributed by atoms with Gasteiger partial charge in [-0.15, -0.1) is 0 Å². The molecular weight excluding hydrogens is 300 g/mol. The topological polar surface area (TPSA) is 96.7 Å². The van der Waals surface area contributed by atoms with Crippen molar-refractivity contribution in [3.05, 3.63) is 64.5 Å². The maximum atomic E-state index is 12.4. The van der Waals surface area contributed by atoms with Crippen LogP contribution in [0.15, 0.2) is 48.8 Å². The lowest BCUT2D eigenvalue weighted by Gasteiger charge is -2.16. The van der Waals surface area contributed by atoms with Crippen LogP contribution in [0, 0.1) is 10.1 Å².